The predicted octanol–water partition coefficient (Wildman–Crippen LogP) is 2.99. The van der Waals surface area contributed by atoms with E-state index in [9.17, 15) is 4.79 Å². The minimum atomic E-state index is -0.0465. The van der Waals surface area contributed by atoms with Crippen molar-refractivity contribution < 1.29 is 4.79 Å². The summed E-state index contributed by atoms with van der Waals surface area (Å²) in [6.45, 7) is 3.84. The Morgan fingerprint density at radius 3 is 2.80 bits per heavy atom. The first-order valence-corrected chi connectivity index (χ1v) is 6.12. The van der Waals surface area contributed by atoms with Gasteiger partial charge >= 0.3 is 0 Å². The summed E-state index contributed by atoms with van der Waals surface area (Å²) >= 11 is 6.42. The van der Waals surface area contributed by atoms with Crippen LogP contribution in [0.4, 0.5) is 5.82 Å². The predicted molar refractivity (Wildman–Crippen MR) is 65.5 cm³/mol. The van der Waals surface area contributed by atoms with Crippen LogP contribution >= 0.6 is 31.9 Å². The first kappa shape index (κ1) is 12.6. The highest BCUT2D eigenvalue weighted by atomic mass is 79.9. The molecule has 15 heavy (non-hydrogen) atoms. The van der Waals surface area contributed by atoms with E-state index in [1.807, 2.05) is 13.8 Å². The average Bonchev–Trinajstić information content (AvgIpc) is 2.20. The molecule has 1 rings (SSSR count). The molecule has 0 aromatic carbocycles. The van der Waals surface area contributed by atoms with Gasteiger partial charge in [0, 0.05) is 5.92 Å². The van der Waals surface area contributed by atoms with Gasteiger partial charge in [0.2, 0.25) is 5.91 Å². The minimum Gasteiger partial charge on any atom is -0.308 e. The first-order valence-electron chi connectivity index (χ1n) is 4.53. The van der Waals surface area contributed by atoms with Crippen LogP contribution in [0, 0.1) is 5.92 Å². The van der Waals surface area contributed by atoms with Gasteiger partial charge in [0.1, 0.15) is 9.21 Å². The molecule has 0 saturated carbocycles. The molecule has 1 amide bonds. The second-order valence-corrected chi connectivity index (χ2v) is 4.69. The van der Waals surface area contributed by atoms with Gasteiger partial charge in [0.25, 0.3) is 0 Å². The molecule has 82 valence electrons. The highest BCUT2D eigenvalue weighted by Crippen LogP contribution is 2.20. The number of hydrogen-bond donors (Lipinski definition) is 1. The maximum atomic E-state index is 11.6. The number of carbonyl (C=O) groups is 1. The number of halogens is 2. The van der Waals surface area contributed by atoms with E-state index in [2.05, 4.69) is 47.1 Å². The maximum absolute atomic E-state index is 11.6. The fourth-order valence-corrected chi connectivity index (χ4v) is 1.77. The number of rotatable bonds is 3. The van der Waals surface area contributed by atoms with Crippen molar-refractivity contribution in [3.63, 3.8) is 0 Å². The fourth-order valence-electron chi connectivity index (χ4n) is 0.856. The molecule has 1 atom stereocenters. The number of nitrogens with zero attached hydrogens (tertiary/aromatic N) is 2. The van der Waals surface area contributed by atoms with Gasteiger partial charge < -0.3 is 5.32 Å². The Labute approximate surface area is 105 Å². The Balaban J connectivity index is 2.77. The summed E-state index contributed by atoms with van der Waals surface area (Å²) < 4.78 is 1.14. The van der Waals surface area contributed by atoms with Crippen LogP contribution in [-0.4, -0.2) is 15.9 Å². The molecule has 0 aliphatic carbocycles. The van der Waals surface area contributed by atoms with Crippen LogP contribution in [0.15, 0.2) is 15.4 Å². The third kappa shape index (κ3) is 3.53. The van der Waals surface area contributed by atoms with E-state index in [0.29, 0.717) is 15.0 Å². The lowest BCUT2D eigenvalue weighted by atomic mass is 10.1. The van der Waals surface area contributed by atoms with Crippen molar-refractivity contribution in [1.82, 2.24) is 9.97 Å². The van der Waals surface area contributed by atoms with Crippen molar-refractivity contribution in [2.75, 3.05) is 5.32 Å². The largest absolute Gasteiger partial charge is 0.308 e. The van der Waals surface area contributed by atoms with Crippen molar-refractivity contribution in [3.05, 3.63) is 15.4 Å². The van der Waals surface area contributed by atoms with Gasteiger partial charge in [-0.3, -0.25) is 4.79 Å². The van der Waals surface area contributed by atoms with E-state index >= 15 is 0 Å². The molecule has 0 spiro atoms. The highest BCUT2D eigenvalue weighted by Gasteiger charge is 2.13. The van der Waals surface area contributed by atoms with Crippen molar-refractivity contribution >= 4 is 43.6 Å². The van der Waals surface area contributed by atoms with Crippen LogP contribution < -0.4 is 5.32 Å². The van der Waals surface area contributed by atoms with E-state index in [4.69, 9.17) is 0 Å². The highest BCUT2D eigenvalue weighted by molar-refractivity contribution is 9.11. The van der Waals surface area contributed by atoms with E-state index in [1.54, 1.807) is 0 Å². The topological polar surface area (TPSA) is 54.9 Å². The Kier molecular flexibility index (Phi) is 4.66. The molecule has 1 unspecified atom stereocenters. The van der Waals surface area contributed by atoms with Crippen molar-refractivity contribution in [3.8, 4) is 0 Å². The Morgan fingerprint density at radius 2 is 2.27 bits per heavy atom. The molecule has 0 fully saturated rings. The van der Waals surface area contributed by atoms with Gasteiger partial charge in [-0.15, -0.1) is 0 Å². The van der Waals surface area contributed by atoms with E-state index in [-0.39, 0.29) is 11.8 Å². The number of carbonyl (C=O) groups excluding carboxylic acids is 1. The van der Waals surface area contributed by atoms with Gasteiger partial charge in [0.05, 0.1) is 6.20 Å². The average molecular weight is 337 g/mol. The molecular weight excluding hydrogens is 326 g/mol. The molecule has 0 aliphatic heterocycles. The molecule has 1 N–H and O–H groups in total. The lowest BCUT2D eigenvalue weighted by molar-refractivity contribution is -0.119. The lowest BCUT2D eigenvalue weighted by Crippen LogP contribution is -2.20. The zero-order chi connectivity index (χ0) is 11.4. The van der Waals surface area contributed by atoms with Gasteiger partial charge in [-0.2, -0.15) is 0 Å². The smallest absolute Gasteiger partial charge is 0.228 e. The summed E-state index contributed by atoms with van der Waals surface area (Å²) in [5.41, 5.74) is 0. The second kappa shape index (κ2) is 5.55. The second-order valence-electron chi connectivity index (χ2n) is 3.13. The van der Waals surface area contributed by atoms with Crippen LogP contribution in [0.2, 0.25) is 0 Å². The summed E-state index contributed by atoms with van der Waals surface area (Å²) in [5.74, 6) is 0.376. The molecule has 0 bridgehead atoms. The maximum Gasteiger partial charge on any atom is 0.228 e. The minimum absolute atomic E-state index is 0.0256. The Morgan fingerprint density at radius 1 is 1.60 bits per heavy atom. The Hall–Kier alpha value is -0.490. The number of hydrogen-bond acceptors (Lipinski definition) is 3. The number of nitrogens with one attached hydrogen (secondary N) is 1. The van der Waals surface area contributed by atoms with Crippen LogP contribution in [0.5, 0.6) is 0 Å². The summed E-state index contributed by atoms with van der Waals surface area (Å²) in [6.07, 6.45) is 2.34. The SMILES string of the molecule is CCC(C)C(=O)Nc1ncc(Br)nc1Br. The number of amides is 1. The Bertz CT molecular complexity index is 370. The van der Waals surface area contributed by atoms with Crippen molar-refractivity contribution in [1.29, 1.82) is 0 Å². The molecule has 1 aromatic rings. The molecule has 1 aromatic heterocycles. The fraction of sp³-hybridized carbons (Fsp3) is 0.444. The summed E-state index contributed by atoms with van der Waals surface area (Å²) in [7, 11) is 0. The van der Waals surface area contributed by atoms with E-state index in [0.717, 1.165) is 6.42 Å². The van der Waals surface area contributed by atoms with Gasteiger partial charge in [-0.1, -0.05) is 13.8 Å². The third-order valence-corrected chi connectivity index (χ3v) is 2.94. The standard InChI is InChI=1S/C9H11Br2N3O/c1-3-5(2)9(15)14-8-7(11)13-6(10)4-12-8/h4-5H,3H2,1-2H3,(H,12,14,15). The lowest BCUT2D eigenvalue weighted by Gasteiger charge is -2.09. The normalized spacial score (nSPS) is 12.3. The molecular formula is C9H11Br2N3O. The monoisotopic (exact) mass is 335 g/mol. The van der Waals surface area contributed by atoms with Gasteiger partial charge in [-0.05, 0) is 38.3 Å². The summed E-state index contributed by atoms with van der Waals surface area (Å²) in [4.78, 5) is 19.7. The summed E-state index contributed by atoms with van der Waals surface area (Å²) in [5, 5.41) is 2.71. The molecule has 0 aliphatic rings. The molecule has 4 nitrogen and oxygen atoms in total. The zero-order valence-corrected chi connectivity index (χ0v) is 11.6. The molecule has 1 heterocycles. The summed E-state index contributed by atoms with van der Waals surface area (Å²) in [6, 6.07) is 0. The third-order valence-electron chi connectivity index (χ3n) is 2.00. The number of aromatic nitrogens is 2. The quantitative estimate of drug-likeness (QED) is 0.923. The first-order chi connectivity index (χ1) is 7.04. The molecule has 0 radical (unpaired) electrons. The van der Waals surface area contributed by atoms with Crippen LogP contribution in [0.1, 0.15) is 20.3 Å². The van der Waals surface area contributed by atoms with Crippen molar-refractivity contribution in [2.24, 2.45) is 5.92 Å². The van der Waals surface area contributed by atoms with Gasteiger partial charge in [-0.25, -0.2) is 9.97 Å². The van der Waals surface area contributed by atoms with E-state index in [1.165, 1.54) is 6.20 Å². The van der Waals surface area contributed by atoms with Crippen LogP contribution in [-0.2, 0) is 4.79 Å². The van der Waals surface area contributed by atoms with E-state index < -0.39 is 0 Å². The van der Waals surface area contributed by atoms with Gasteiger partial charge in [0.15, 0.2) is 5.82 Å². The number of anilines is 1. The zero-order valence-electron chi connectivity index (χ0n) is 8.42. The van der Waals surface area contributed by atoms with Crippen LogP contribution in [0.25, 0.3) is 0 Å². The van der Waals surface area contributed by atoms with Crippen LogP contribution in [0.3, 0.4) is 0 Å². The molecule has 0 saturated heterocycles. The molecule has 6 heteroatoms. The van der Waals surface area contributed by atoms with Crippen molar-refractivity contribution in [2.45, 2.75) is 20.3 Å².